The highest BCUT2D eigenvalue weighted by Crippen LogP contribution is 2.57. The van der Waals surface area contributed by atoms with Crippen molar-refractivity contribution in [1.29, 1.82) is 0 Å². The van der Waals surface area contributed by atoms with Crippen molar-refractivity contribution in [3.8, 4) is 5.75 Å². The topological polar surface area (TPSA) is 64.0 Å². The van der Waals surface area contributed by atoms with Crippen molar-refractivity contribution in [2.75, 3.05) is 6.54 Å². The predicted octanol–water partition coefficient (Wildman–Crippen LogP) is 5.27. The molecular formula is C31H42N2O3. The summed E-state index contributed by atoms with van der Waals surface area (Å²) in [6, 6.07) is 15.0. The molecule has 3 aliphatic rings. The molecule has 2 aromatic carbocycles. The number of amides is 1. The summed E-state index contributed by atoms with van der Waals surface area (Å²) < 4.78 is 0. The lowest BCUT2D eigenvalue weighted by atomic mass is 9.51. The van der Waals surface area contributed by atoms with E-state index in [4.69, 9.17) is 0 Å². The maximum Gasteiger partial charge on any atom is 0.254 e. The number of hydrogen-bond acceptors (Lipinski definition) is 4. The first-order valence-corrected chi connectivity index (χ1v) is 13.7. The van der Waals surface area contributed by atoms with Crippen LogP contribution >= 0.6 is 0 Å². The predicted molar refractivity (Wildman–Crippen MR) is 143 cm³/mol. The third-order valence-corrected chi connectivity index (χ3v) is 10.0. The van der Waals surface area contributed by atoms with E-state index in [9.17, 15) is 15.0 Å². The molecule has 194 valence electrons. The quantitative estimate of drug-likeness (QED) is 0.599. The minimum Gasteiger partial charge on any atom is -0.508 e. The average molecular weight is 491 g/mol. The number of phenols is 1. The van der Waals surface area contributed by atoms with Crippen molar-refractivity contribution < 1.29 is 15.0 Å². The molecule has 2 N–H and O–H groups in total. The summed E-state index contributed by atoms with van der Waals surface area (Å²) in [6.45, 7) is 12.6. The molecule has 2 bridgehead atoms. The maximum atomic E-state index is 13.8. The van der Waals surface area contributed by atoms with Gasteiger partial charge in [-0.2, -0.15) is 0 Å². The first-order chi connectivity index (χ1) is 17.0. The Labute approximate surface area is 216 Å². The first-order valence-electron chi connectivity index (χ1n) is 13.7. The number of aliphatic hydroxyl groups excluding tert-OH is 1. The number of carbonyl (C=O) groups excluding carboxylic acids is 1. The van der Waals surface area contributed by atoms with E-state index < -0.39 is 0 Å². The SMILES string of the molecule is C[C@H](O)C[C@@H]1CC[C@H](C)N1Cc1ccc(C(=O)N2CC[C@@]3(C)c4cccc(O)c4C[C@@H]2C3(C)C)cc1. The Morgan fingerprint density at radius 1 is 1.11 bits per heavy atom. The summed E-state index contributed by atoms with van der Waals surface area (Å²) in [5.74, 6) is 0.435. The number of likely N-dealkylation sites (tertiary alicyclic amines) is 2. The van der Waals surface area contributed by atoms with Gasteiger partial charge in [-0.3, -0.25) is 9.69 Å². The number of phenolic OH excluding ortho intramolecular Hbond substituents is 1. The smallest absolute Gasteiger partial charge is 0.254 e. The van der Waals surface area contributed by atoms with Gasteiger partial charge in [0.15, 0.2) is 0 Å². The number of rotatable bonds is 5. The number of aliphatic hydroxyl groups is 1. The highest BCUT2D eigenvalue weighted by atomic mass is 16.3. The molecule has 2 aliphatic heterocycles. The molecule has 2 saturated heterocycles. The van der Waals surface area contributed by atoms with Crippen molar-refractivity contribution >= 4 is 5.91 Å². The lowest BCUT2D eigenvalue weighted by molar-refractivity contribution is -0.0266. The highest BCUT2D eigenvalue weighted by Gasteiger charge is 2.57. The molecule has 5 rings (SSSR count). The second kappa shape index (κ2) is 9.18. The summed E-state index contributed by atoms with van der Waals surface area (Å²) in [7, 11) is 0. The van der Waals surface area contributed by atoms with Crippen LogP contribution in [-0.4, -0.2) is 56.7 Å². The molecule has 36 heavy (non-hydrogen) atoms. The summed E-state index contributed by atoms with van der Waals surface area (Å²) in [4.78, 5) is 18.4. The fraction of sp³-hybridized carbons (Fsp3) is 0.581. The fourth-order valence-electron chi connectivity index (χ4n) is 7.36. The molecule has 2 aromatic rings. The van der Waals surface area contributed by atoms with Crippen molar-refractivity contribution in [2.24, 2.45) is 5.41 Å². The molecule has 1 amide bonds. The number of benzene rings is 2. The zero-order valence-electron chi connectivity index (χ0n) is 22.5. The highest BCUT2D eigenvalue weighted by molar-refractivity contribution is 5.94. The normalized spacial score (nSPS) is 30.2. The molecule has 5 heteroatoms. The molecule has 2 heterocycles. The van der Waals surface area contributed by atoms with Crippen molar-refractivity contribution in [3.63, 3.8) is 0 Å². The molecule has 0 unspecified atom stereocenters. The largest absolute Gasteiger partial charge is 0.508 e. The Balaban J connectivity index is 1.35. The van der Waals surface area contributed by atoms with Gasteiger partial charge < -0.3 is 15.1 Å². The van der Waals surface area contributed by atoms with E-state index in [1.807, 2.05) is 25.1 Å². The second-order valence-corrected chi connectivity index (χ2v) is 12.4. The van der Waals surface area contributed by atoms with E-state index in [-0.39, 0.29) is 28.9 Å². The molecule has 0 spiro atoms. The number of fused-ring (bicyclic) bond motifs is 4. The zero-order valence-corrected chi connectivity index (χ0v) is 22.5. The van der Waals surface area contributed by atoms with Gasteiger partial charge >= 0.3 is 0 Å². The summed E-state index contributed by atoms with van der Waals surface area (Å²) in [5, 5.41) is 20.6. The van der Waals surface area contributed by atoms with Crippen molar-refractivity contribution in [3.05, 3.63) is 64.7 Å². The summed E-state index contributed by atoms with van der Waals surface area (Å²) >= 11 is 0. The van der Waals surface area contributed by atoms with E-state index in [0.717, 1.165) is 49.9 Å². The third-order valence-electron chi connectivity index (χ3n) is 10.0. The van der Waals surface area contributed by atoms with Crippen LogP contribution in [-0.2, 0) is 18.4 Å². The van der Waals surface area contributed by atoms with Gasteiger partial charge in [0.25, 0.3) is 5.91 Å². The van der Waals surface area contributed by atoms with Gasteiger partial charge in [-0.25, -0.2) is 0 Å². The summed E-state index contributed by atoms with van der Waals surface area (Å²) in [6.07, 6.45) is 4.39. The van der Waals surface area contributed by atoms with Crippen LogP contribution in [0.5, 0.6) is 5.75 Å². The van der Waals surface area contributed by atoms with E-state index in [0.29, 0.717) is 24.3 Å². The van der Waals surface area contributed by atoms with Crippen molar-refractivity contribution in [1.82, 2.24) is 9.80 Å². The molecule has 0 aromatic heterocycles. The number of aromatic hydroxyl groups is 1. The van der Waals surface area contributed by atoms with Crippen LogP contribution in [0.3, 0.4) is 0 Å². The molecule has 5 nitrogen and oxygen atoms in total. The molecular weight excluding hydrogens is 448 g/mol. The molecule has 5 atom stereocenters. The maximum absolute atomic E-state index is 13.8. The van der Waals surface area contributed by atoms with Crippen LogP contribution < -0.4 is 0 Å². The van der Waals surface area contributed by atoms with Gasteiger partial charge in [-0.15, -0.1) is 0 Å². The number of piperidine rings is 1. The molecule has 0 saturated carbocycles. The van der Waals surface area contributed by atoms with Gasteiger partial charge in [0.2, 0.25) is 0 Å². The van der Waals surface area contributed by atoms with E-state index in [1.54, 1.807) is 6.07 Å². The number of carbonyl (C=O) groups is 1. The number of nitrogens with zero attached hydrogens (tertiary/aromatic N) is 2. The lowest BCUT2D eigenvalue weighted by Crippen LogP contribution is -2.64. The van der Waals surface area contributed by atoms with Crippen LogP contribution in [0.1, 0.15) is 87.4 Å². The third kappa shape index (κ3) is 4.05. The summed E-state index contributed by atoms with van der Waals surface area (Å²) in [5.41, 5.74) is 4.00. The molecule has 1 aliphatic carbocycles. The lowest BCUT2D eigenvalue weighted by Gasteiger charge is -2.60. The Kier molecular flexibility index (Phi) is 6.45. The van der Waals surface area contributed by atoms with Crippen LogP contribution in [0, 0.1) is 5.41 Å². The van der Waals surface area contributed by atoms with Gasteiger partial charge in [-0.1, -0.05) is 45.0 Å². The Morgan fingerprint density at radius 2 is 1.83 bits per heavy atom. The minimum absolute atomic E-state index is 0.0379. The van der Waals surface area contributed by atoms with Gasteiger partial charge in [-0.05, 0) is 86.3 Å². The molecule has 0 radical (unpaired) electrons. The Bertz CT molecular complexity index is 1130. The van der Waals surface area contributed by atoms with Gasteiger partial charge in [0, 0.05) is 42.2 Å². The van der Waals surface area contributed by atoms with E-state index >= 15 is 0 Å². The molecule has 2 fully saturated rings. The van der Waals surface area contributed by atoms with Crippen molar-refractivity contribution in [2.45, 2.75) is 103 Å². The van der Waals surface area contributed by atoms with Crippen LogP contribution in [0.4, 0.5) is 0 Å². The van der Waals surface area contributed by atoms with Crippen LogP contribution in [0.25, 0.3) is 0 Å². The zero-order chi connectivity index (χ0) is 25.8. The Hall–Kier alpha value is -2.37. The fourth-order valence-corrected chi connectivity index (χ4v) is 7.36. The standard InChI is InChI=1S/C31H42N2O3/c1-20-9-14-24(17-21(2)34)33(20)19-22-10-12-23(13-11-22)29(36)32-16-15-31(5)26-7-6-8-27(35)25(26)18-28(32)30(31,3)4/h6-8,10-13,20-21,24,28,34-35H,9,14-19H2,1-5H3/t20-,21-,24-,28+,31-/m0/s1. The minimum atomic E-state index is -0.285. The average Bonchev–Trinajstić information content (AvgIpc) is 3.15. The monoisotopic (exact) mass is 490 g/mol. The Morgan fingerprint density at radius 3 is 2.53 bits per heavy atom. The van der Waals surface area contributed by atoms with Crippen LogP contribution in [0.15, 0.2) is 42.5 Å². The number of hydrogen-bond donors (Lipinski definition) is 2. The van der Waals surface area contributed by atoms with E-state index in [1.165, 1.54) is 11.1 Å². The second-order valence-electron chi connectivity index (χ2n) is 12.4. The van der Waals surface area contributed by atoms with E-state index in [2.05, 4.69) is 55.7 Å². The van der Waals surface area contributed by atoms with Crippen LogP contribution in [0.2, 0.25) is 0 Å². The van der Waals surface area contributed by atoms with Gasteiger partial charge in [0.1, 0.15) is 5.75 Å². The van der Waals surface area contributed by atoms with Gasteiger partial charge in [0.05, 0.1) is 6.10 Å². The first kappa shape index (κ1) is 25.3.